The maximum Gasteiger partial charge on any atom is 0.251 e. The van der Waals surface area contributed by atoms with Gasteiger partial charge < -0.3 is 5.32 Å². The molecule has 0 aliphatic carbocycles. The molecular formula is C26H33N3O. The van der Waals surface area contributed by atoms with Gasteiger partial charge >= 0.3 is 0 Å². The van der Waals surface area contributed by atoms with E-state index >= 15 is 0 Å². The third kappa shape index (κ3) is 4.35. The molecule has 2 aromatic rings. The minimum absolute atomic E-state index is 0.00806. The molecule has 1 amide bonds. The van der Waals surface area contributed by atoms with Crippen molar-refractivity contribution in [3.05, 3.63) is 83.9 Å². The molecule has 3 fully saturated rings. The third-order valence-electron chi connectivity index (χ3n) is 6.48. The van der Waals surface area contributed by atoms with Crippen LogP contribution in [0.15, 0.2) is 67.3 Å². The van der Waals surface area contributed by atoms with Crippen molar-refractivity contribution in [2.24, 2.45) is 5.92 Å². The lowest BCUT2D eigenvalue weighted by molar-refractivity contribution is -0.0236. The number of nitrogens with zero attached hydrogens (tertiary/aromatic N) is 2. The van der Waals surface area contributed by atoms with Crippen LogP contribution in [0.4, 0.5) is 0 Å². The van der Waals surface area contributed by atoms with Crippen LogP contribution < -0.4 is 5.32 Å². The molecule has 5 rings (SSSR count). The summed E-state index contributed by atoms with van der Waals surface area (Å²) < 4.78 is 0. The number of nitrogens with one attached hydrogen (secondary N) is 1. The summed E-state index contributed by atoms with van der Waals surface area (Å²) in [6.07, 6.45) is 6.26. The average molecular weight is 404 g/mol. The second-order valence-electron chi connectivity index (χ2n) is 8.51. The van der Waals surface area contributed by atoms with Crippen molar-refractivity contribution in [3.63, 3.8) is 0 Å². The summed E-state index contributed by atoms with van der Waals surface area (Å²) in [7, 11) is 0. The second kappa shape index (κ2) is 9.59. The normalized spacial score (nSPS) is 23.0. The first-order valence-electron chi connectivity index (χ1n) is 11.2. The van der Waals surface area contributed by atoms with Crippen LogP contribution in [-0.4, -0.2) is 48.1 Å². The number of carbonyl (C=O) groups excluding carboxylic acids is 1. The van der Waals surface area contributed by atoms with Crippen LogP contribution >= 0.6 is 0 Å². The molecule has 30 heavy (non-hydrogen) atoms. The molecule has 2 aromatic carbocycles. The summed E-state index contributed by atoms with van der Waals surface area (Å²) in [5.74, 6) is 0.691. The highest BCUT2D eigenvalue weighted by Gasteiger charge is 2.40. The Morgan fingerprint density at radius 3 is 2.53 bits per heavy atom. The maximum absolute atomic E-state index is 12.2. The van der Waals surface area contributed by atoms with Crippen molar-refractivity contribution in [2.75, 3.05) is 26.2 Å². The van der Waals surface area contributed by atoms with Crippen LogP contribution in [0.3, 0.4) is 0 Å². The summed E-state index contributed by atoms with van der Waals surface area (Å²) in [6, 6.07) is 19.2. The number of hydrogen-bond donors (Lipinski definition) is 1. The zero-order valence-electron chi connectivity index (χ0n) is 18.0. The quantitative estimate of drug-likeness (QED) is 0.694. The maximum atomic E-state index is 12.2. The molecule has 0 aromatic heterocycles. The molecule has 0 radical (unpaired) electrons. The standard InChI is InChI=1S/C26H33N3O/c1-3-17-28-18-20-9-8-12-24(28)29(19-20)25(21-10-6-5-7-11-21)22-13-15-23(16-14-22)26(30)27-4-2/h3,5-7,10-11,13-16,20,24-25H,1,4,8-9,12,17-19H2,2H3,(H,27,30)/t20?,24?,25-/m0/s1. The molecule has 3 heterocycles. The SMILES string of the molecule is C=CCN1CC2CCCC1N([C@@H](c1ccccc1)c1ccc(C(=O)NCC)cc1)C2. The van der Waals surface area contributed by atoms with Gasteiger partial charge in [-0.15, -0.1) is 6.58 Å². The number of benzene rings is 2. The molecule has 3 saturated heterocycles. The van der Waals surface area contributed by atoms with Gasteiger partial charge in [0.05, 0.1) is 12.2 Å². The highest BCUT2D eigenvalue weighted by Crippen LogP contribution is 2.39. The van der Waals surface area contributed by atoms with E-state index in [2.05, 4.69) is 64.2 Å². The first-order chi connectivity index (χ1) is 14.7. The van der Waals surface area contributed by atoms with Gasteiger partial charge in [0.2, 0.25) is 0 Å². The molecule has 4 heteroatoms. The van der Waals surface area contributed by atoms with E-state index in [0.717, 1.165) is 18.7 Å². The Morgan fingerprint density at radius 1 is 1.10 bits per heavy atom. The predicted molar refractivity (Wildman–Crippen MR) is 122 cm³/mol. The summed E-state index contributed by atoms with van der Waals surface area (Å²) >= 11 is 0. The molecular weight excluding hydrogens is 370 g/mol. The van der Waals surface area contributed by atoms with Crippen LogP contribution in [0.1, 0.15) is 53.7 Å². The zero-order valence-corrected chi connectivity index (χ0v) is 18.0. The summed E-state index contributed by atoms with van der Waals surface area (Å²) in [5, 5.41) is 2.89. The van der Waals surface area contributed by atoms with Gasteiger partial charge in [0, 0.05) is 31.7 Å². The molecule has 1 N–H and O–H groups in total. The lowest BCUT2D eigenvalue weighted by atomic mass is 9.93. The first-order valence-corrected chi connectivity index (χ1v) is 11.2. The van der Waals surface area contributed by atoms with Gasteiger partial charge in [-0.1, -0.05) is 55.0 Å². The third-order valence-corrected chi connectivity index (χ3v) is 6.48. The lowest BCUT2D eigenvalue weighted by Crippen LogP contribution is -2.56. The molecule has 4 nitrogen and oxygen atoms in total. The van der Waals surface area contributed by atoms with Crippen LogP contribution in [0.2, 0.25) is 0 Å². The van der Waals surface area contributed by atoms with Crippen molar-refractivity contribution < 1.29 is 4.79 Å². The van der Waals surface area contributed by atoms with Crippen LogP contribution in [0.25, 0.3) is 0 Å². The number of carbonyl (C=O) groups is 1. The fourth-order valence-electron chi connectivity index (χ4n) is 5.19. The fourth-order valence-corrected chi connectivity index (χ4v) is 5.19. The molecule has 3 atom stereocenters. The number of hydrogen-bond acceptors (Lipinski definition) is 3. The topological polar surface area (TPSA) is 35.6 Å². The average Bonchev–Trinajstić information content (AvgIpc) is 3.09. The molecule has 3 aliphatic rings. The van der Waals surface area contributed by atoms with E-state index in [1.807, 2.05) is 25.1 Å². The van der Waals surface area contributed by atoms with Crippen molar-refractivity contribution in [1.82, 2.24) is 15.1 Å². The number of fused-ring (bicyclic) bond motifs is 4. The van der Waals surface area contributed by atoms with Gasteiger partial charge in [0.25, 0.3) is 5.91 Å². The summed E-state index contributed by atoms with van der Waals surface area (Å²) in [6.45, 7) is 9.82. The Morgan fingerprint density at radius 2 is 1.83 bits per heavy atom. The van der Waals surface area contributed by atoms with E-state index in [1.165, 1.54) is 36.9 Å². The van der Waals surface area contributed by atoms with Crippen molar-refractivity contribution in [1.29, 1.82) is 0 Å². The van der Waals surface area contributed by atoms with Gasteiger partial charge in [-0.25, -0.2) is 0 Å². The molecule has 0 saturated carbocycles. The minimum atomic E-state index is -0.00806. The Bertz CT molecular complexity index is 848. The lowest BCUT2D eigenvalue weighted by Gasteiger charge is -2.48. The Kier molecular flexibility index (Phi) is 6.66. The molecule has 0 spiro atoms. The van der Waals surface area contributed by atoms with Crippen molar-refractivity contribution in [3.8, 4) is 0 Å². The highest BCUT2D eigenvalue weighted by molar-refractivity contribution is 5.94. The van der Waals surface area contributed by atoms with Gasteiger partial charge in [0.15, 0.2) is 0 Å². The molecule has 2 bridgehead atoms. The monoisotopic (exact) mass is 403 g/mol. The van der Waals surface area contributed by atoms with Gasteiger partial charge in [-0.05, 0) is 48.9 Å². The highest BCUT2D eigenvalue weighted by atomic mass is 16.1. The Labute approximate surface area is 180 Å². The van der Waals surface area contributed by atoms with Crippen LogP contribution in [-0.2, 0) is 0 Å². The zero-order chi connectivity index (χ0) is 20.9. The van der Waals surface area contributed by atoms with Gasteiger partial charge in [-0.3, -0.25) is 14.6 Å². The van der Waals surface area contributed by atoms with Gasteiger partial charge in [-0.2, -0.15) is 0 Å². The first kappa shape index (κ1) is 20.8. The molecule has 3 aliphatic heterocycles. The minimum Gasteiger partial charge on any atom is -0.352 e. The Hall–Kier alpha value is -2.43. The van der Waals surface area contributed by atoms with E-state index in [-0.39, 0.29) is 11.9 Å². The van der Waals surface area contributed by atoms with Crippen LogP contribution in [0, 0.1) is 5.92 Å². The van der Waals surface area contributed by atoms with E-state index in [0.29, 0.717) is 18.6 Å². The van der Waals surface area contributed by atoms with Crippen molar-refractivity contribution >= 4 is 5.91 Å². The molecule has 2 unspecified atom stereocenters. The van der Waals surface area contributed by atoms with E-state index in [4.69, 9.17) is 0 Å². The van der Waals surface area contributed by atoms with E-state index in [9.17, 15) is 4.79 Å². The largest absolute Gasteiger partial charge is 0.352 e. The fraction of sp³-hybridized carbons (Fsp3) is 0.423. The van der Waals surface area contributed by atoms with Gasteiger partial charge in [0.1, 0.15) is 0 Å². The number of amides is 1. The second-order valence-corrected chi connectivity index (χ2v) is 8.51. The van der Waals surface area contributed by atoms with E-state index < -0.39 is 0 Å². The Balaban J connectivity index is 1.70. The predicted octanol–water partition coefficient (Wildman–Crippen LogP) is 4.46. The van der Waals surface area contributed by atoms with E-state index in [1.54, 1.807) is 0 Å². The smallest absolute Gasteiger partial charge is 0.251 e. The number of rotatable bonds is 7. The molecule has 158 valence electrons. The summed E-state index contributed by atoms with van der Waals surface area (Å²) in [5.41, 5.74) is 3.28. The van der Waals surface area contributed by atoms with Crippen LogP contribution in [0.5, 0.6) is 0 Å². The van der Waals surface area contributed by atoms with Crippen molar-refractivity contribution in [2.45, 2.75) is 38.4 Å². The summed E-state index contributed by atoms with van der Waals surface area (Å²) in [4.78, 5) is 17.5.